The van der Waals surface area contributed by atoms with Crippen molar-refractivity contribution in [2.45, 2.75) is 19.3 Å². The van der Waals surface area contributed by atoms with Crippen LogP contribution in [0.1, 0.15) is 24.8 Å². The van der Waals surface area contributed by atoms with E-state index >= 15 is 0 Å². The Morgan fingerprint density at radius 3 is 2.68 bits per heavy atom. The van der Waals surface area contributed by atoms with Crippen LogP contribution in [0.4, 0.5) is 0 Å². The van der Waals surface area contributed by atoms with Gasteiger partial charge in [0.1, 0.15) is 17.4 Å². The molecular weight excluding hydrogens is 240 g/mol. The third-order valence-electron chi connectivity index (χ3n) is 3.18. The van der Waals surface area contributed by atoms with Gasteiger partial charge in [-0.1, -0.05) is 12.1 Å². The molecule has 1 aliphatic rings. The molecule has 1 N–H and O–H groups in total. The van der Waals surface area contributed by atoms with Crippen LogP contribution in [0.15, 0.2) is 29.8 Å². The molecule has 98 valence electrons. The predicted octanol–water partition coefficient (Wildman–Crippen LogP) is 2.31. The number of phenolic OH excluding ortho intramolecular Hbond substituents is 1. The van der Waals surface area contributed by atoms with Crippen LogP contribution in [0.3, 0.4) is 0 Å². The van der Waals surface area contributed by atoms with Crippen LogP contribution >= 0.6 is 0 Å². The Balaban J connectivity index is 2.19. The van der Waals surface area contributed by atoms with E-state index in [1.807, 2.05) is 6.07 Å². The summed E-state index contributed by atoms with van der Waals surface area (Å²) in [6, 6.07) is 8.47. The van der Waals surface area contributed by atoms with E-state index in [0.29, 0.717) is 5.56 Å². The molecule has 0 radical (unpaired) electrons. The van der Waals surface area contributed by atoms with Gasteiger partial charge in [0.05, 0.1) is 0 Å². The molecule has 1 aromatic rings. The van der Waals surface area contributed by atoms with Crippen molar-refractivity contribution in [3.63, 3.8) is 0 Å². The Morgan fingerprint density at radius 1 is 1.32 bits per heavy atom. The minimum atomic E-state index is -0.217. The second-order valence-electron chi connectivity index (χ2n) is 4.62. The van der Waals surface area contributed by atoms with E-state index in [9.17, 15) is 9.90 Å². The number of amides is 1. The lowest BCUT2D eigenvalue weighted by atomic mass is 10.1. The smallest absolute Gasteiger partial charge is 0.264 e. The molecule has 1 heterocycles. The first-order valence-electron chi connectivity index (χ1n) is 6.41. The molecule has 0 aromatic heterocycles. The fraction of sp³-hybridized carbons (Fsp3) is 0.333. The van der Waals surface area contributed by atoms with Gasteiger partial charge in [0, 0.05) is 13.1 Å². The highest BCUT2D eigenvalue weighted by atomic mass is 16.3. The van der Waals surface area contributed by atoms with Crippen LogP contribution in [-0.4, -0.2) is 29.0 Å². The molecule has 0 unspecified atom stereocenters. The molecule has 1 aromatic carbocycles. The quantitative estimate of drug-likeness (QED) is 0.652. The Morgan fingerprint density at radius 2 is 2.05 bits per heavy atom. The van der Waals surface area contributed by atoms with Gasteiger partial charge in [-0.3, -0.25) is 4.79 Å². The molecule has 0 bridgehead atoms. The van der Waals surface area contributed by atoms with Gasteiger partial charge in [-0.15, -0.1) is 0 Å². The Kier molecular flexibility index (Phi) is 4.19. The minimum Gasteiger partial charge on any atom is -0.508 e. The SMILES string of the molecule is N#C/C(=C\c1cccc(O)c1)C(=O)N1CCCCC1. The number of nitriles is 1. The highest BCUT2D eigenvalue weighted by Gasteiger charge is 2.20. The molecule has 1 amide bonds. The average molecular weight is 256 g/mol. The van der Waals surface area contributed by atoms with Gasteiger partial charge in [0.15, 0.2) is 0 Å². The largest absolute Gasteiger partial charge is 0.508 e. The van der Waals surface area contributed by atoms with Crippen molar-refractivity contribution in [3.8, 4) is 11.8 Å². The molecule has 1 fully saturated rings. The lowest BCUT2D eigenvalue weighted by Crippen LogP contribution is -2.36. The van der Waals surface area contributed by atoms with Crippen molar-refractivity contribution in [3.05, 3.63) is 35.4 Å². The number of carbonyl (C=O) groups excluding carboxylic acids is 1. The summed E-state index contributed by atoms with van der Waals surface area (Å²) in [6.07, 6.45) is 4.66. The fourth-order valence-electron chi connectivity index (χ4n) is 2.19. The summed E-state index contributed by atoms with van der Waals surface area (Å²) in [4.78, 5) is 13.9. The van der Waals surface area contributed by atoms with Crippen molar-refractivity contribution < 1.29 is 9.90 Å². The first kappa shape index (κ1) is 13.2. The first-order valence-corrected chi connectivity index (χ1v) is 6.41. The molecule has 0 saturated carbocycles. The van der Waals surface area contributed by atoms with Crippen LogP contribution in [0, 0.1) is 11.3 Å². The topological polar surface area (TPSA) is 64.3 Å². The van der Waals surface area contributed by atoms with E-state index in [4.69, 9.17) is 5.26 Å². The summed E-state index contributed by atoms with van der Waals surface area (Å²) in [7, 11) is 0. The van der Waals surface area contributed by atoms with Gasteiger partial charge in [-0.2, -0.15) is 5.26 Å². The Hall–Kier alpha value is -2.28. The second kappa shape index (κ2) is 6.05. The van der Waals surface area contributed by atoms with Gasteiger partial charge < -0.3 is 10.0 Å². The summed E-state index contributed by atoms with van der Waals surface area (Å²) in [5.41, 5.74) is 0.773. The predicted molar refractivity (Wildman–Crippen MR) is 72.1 cm³/mol. The number of rotatable bonds is 2. The monoisotopic (exact) mass is 256 g/mol. The van der Waals surface area contributed by atoms with Gasteiger partial charge in [0.2, 0.25) is 0 Å². The number of benzene rings is 1. The lowest BCUT2D eigenvalue weighted by Gasteiger charge is -2.26. The van der Waals surface area contributed by atoms with Crippen LogP contribution in [0.5, 0.6) is 5.75 Å². The second-order valence-corrected chi connectivity index (χ2v) is 4.62. The van der Waals surface area contributed by atoms with Crippen molar-refractivity contribution in [2.24, 2.45) is 0 Å². The van der Waals surface area contributed by atoms with Crippen LogP contribution in [0.25, 0.3) is 6.08 Å². The van der Waals surface area contributed by atoms with E-state index in [1.165, 1.54) is 12.1 Å². The molecule has 19 heavy (non-hydrogen) atoms. The van der Waals surface area contributed by atoms with Crippen LogP contribution in [-0.2, 0) is 4.79 Å². The molecular formula is C15H16N2O2. The fourth-order valence-corrected chi connectivity index (χ4v) is 2.19. The molecule has 0 spiro atoms. The number of phenols is 1. The van der Waals surface area contributed by atoms with Gasteiger partial charge in [-0.25, -0.2) is 0 Å². The van der Waals surface area contributed by atoms with Gasteiger partial charge >= 0.3 is 0 Å². The number of piperidine rings is 1. The summed E-state index contributed by atoms with van der Waals surface area (Å²) >= 11 is 0. The summed E-state index contributed by atoms with van der Waals surface area (Å²) in [6.45, 7) is 1.44. The Bertz CT molecular complexity index is 537. The maximum Gasteiger partial charge on any atom is 0.264 e. The maximum atomic E-state index is 12.2. The van der Waals surface area contributed by atoms with Crippen LogP contribution in [0.2, 0.25) is 0 Å². The molecule has 4 heteroatoms. The van der Waals surface area contributed by atoms with E-state index in [2.05, 4.69) is 0 Å². The third kappa shape index (κ3) is 3.35. The minimum absolute atomic E-state index is 0.118. The van der Waals surface area contributed by atoms with Crippen LogP contribution < -0.4 is 0 Å². The van der Waals surface area contributed by atoms with Gasteiger partial charge in [0.25, 0.3) is 5.91 Å². The zero-order valence-corrected chi connectivity index (χ0v) is 10.7. The molecule has 1 aliphatic heterocycles. The number of carbonyl (C=O) groups is 1. The zero-order chi connectivity index (χ0) is 13.7. The number of hydrogen-bond acceptors (Lipinski definition) is 3. The summed E-state index contributed by atoms with van der Waals surface area (Å²) in [5, 5.41) is 18.5. The molecule has 2 rings (SSSR count). The van der Waals surface area contributed by atoms with Crippen molar-refractivity contribution >= 4 is 12.0 Å². The standard InChI is InChI=1S/C15H16N2O2/c16-11-13(9-12-5-4-6-14(18)10-12)15(19)17-7-2-1-3-8-17/h4-6,9-10,18H,1-3,7-8H2/b13-9+. The Labute approximate surface area is 112 Å². The first-order chi connectivity index (χ1) is 9.20. The highest BCUT2D eigenvalue weighted by molar-refractivity contribution is 6.01. The summed E-state index contributed by atoms with van der Waals surface area (Å²) in [5.74, 6) is -0.0954. The average Bonchev–Trinajstić information content (AvgIpc) is 2.45. The number of nitrogens with zero attached hydrogens (tertiary/aromatic N) is 2. The molecule has 0 atom stereocenters. The van der Waals surface area contributed by atoms with E-state index < -0.39 is 0 Å². The zero-order valence-electron chi connectivity index (χ0n) is 10.7. The van der Waals surface area contributed by atoms with Gasteiger partial charge in [-0.05, 0) is 43.0 Å². The highest BCUT2D eigenvalue weighted by Crippen LogP contribution is 2.17. The number of hydrogen-bond donors (Lipinski definition) is 1. The molecule has 0 aliphatic carbocycles. The molecule has 1 saturated heterocycles. The van der Waals surface area contributed by atoms with E-state index in [1.54, 1.807) is 23.1 Å². The maximum absolute atomic E-state index is 12.2. The molecule has 4 nitrogen and oxygen atoms in total. The number of aromatic hydroxyl groups is 1. The number of likely N-dealkylation sites (tertiary alicyclic amines) is 1. The van der Waals surface area contributed by atoms with Crippen molar-refractivity contribution in [2.75, 3.05) is 13.1 Å². The van der Waals surface area contributed by atoms with Crippen molar-refractivity contribution in [1.29, 1.82) is 5.26 Å². The summed E-state index contributed by atoms with van der Waals surface area (Å²) < 4.78 is 0. The van der Waals surface area contributed by atoms with Crippen molar-refractivity contribution in [1.82, 2.24) is 4.90 Å². The third-order valence-corrected chi connectivity index (χ3v) is 3.18. The van der Waals surface area contributed by atoms with E-state index in [0.717, 1.165) is 32.4 Å². The lowest BCUT2D eigenvalue weighted by molar-refractivity contribution is -0.127. The van der Waals surface area contributed by atoms with E-state index in [-0.39, 0.29) is 17.2 Å². The normalized spacial score (nSPS) is 15.9.